The molecular weight excluding hydrogens is 192 g/mol. The highest BCUT2D eigenvalue weighted by atomic mass is 16.5. The molecule has 15 heavy (non-hydrogen) atoms. The molecule has 1 fully saturated rings. The van der Waals surface area contributed by atoms with Crippen molar-refractivity contribution in [1.82, 2.24) is 4.90 Å². The summed E-state index contributed by atoms with van der Waals surface area (Å²) >= 11 is 0. The van der Waals surface area contributed by atoms with Crippen LogP contribution in [-0.4, -0.2) is 43.7 Å². The van der Waals surface area contributed by atoms with Gasteiger partial charge < -0.3 is 15.4 Å². The first-order valence-electron chi connectivity index (χ1n) is 5.59. The maximum Gasteiger partial charge on any atom is 0.227 e. The third kappa shape index (κ3) is 3.18. The fourth-order valence-corrected chi connectivity index (χ4v) is 2.00. The maximum atomic E-state index is 11.9. The van der Waals surface area contributed by atoms with Gasteiger partial charge in [-0.3, -0.25) is 4.79 Å². The molecule has 1 heterocycles. The Balaban J connectivity index is 2.47. The molecule has 3 unspecified atom stereocenters. The minimum atomic E-state index is -0.0449. The molecule has 0 aromatic rings. The SMILES string of the molecule is COCC(C)C(=O)N1CCC(N)C(C)C1. The molecule has 2 N–H and O–H groups in total. The summed E-state index contributed by atoms with van der Waals surface area (Å²) in [4.78, 5) is 13.9. The molecule has 0 aromatic heterocycles. The molecule has 0 bridgehead atoms. The highest BCUT2D eigenvalue weighted by molar-refractivity contribution is 5.78. The molecule has 1 rings (SSSR count). The molecule has 4 heteroatoms. The number of nitrogens with zero attached hydrogens (tertiary/aromatic N) is 1. The highest BCUT2D eigenvalue weighted by Crippen LogP contribution is 2.17. The third-order valence-corrected chi connectivity index (χ3v) is 3.12. The second kappa shape index (κ2) is 5.47. The molecule has 1 aliphatic rings. The Morgan fingerprint density at radius 3 is 2.87 bits per heavy atom. The molecule has 0 aliphatic carbocycles. The minimum absolute atomic E-state index is 0.0449. The van der Waals surface area contributed by atoms with E-state index < -0.39 is 0 Å². The lowest BCUT2D eigenvalue weighted by molar-refractivity contribution is -0.138. The first-order valence-corrected chi connectivity index (χ1v) is 5.59. The Hall–Kier alpha value is -0.610. The predicted molar refractivity (Wildman–Crippen MR) is 59.4 cm³/mol. The Morgan fingerprint density at radius 2 is 2.33 bits per heavy atom. The number of ether oxygens (including phenoxy) is 1. The van der Waals surface area contributed by atoms with Gasteiger partial charge in [0.15, 0.2) is 0 Å². The summed E-state index contributed by atoms with van der Waals surface area (Å²) in [7, 11) is 1.62. The van der Waals surface area contributed by atoms with Crippen molar-refractivity contribution in [2.24, 2.45) is 17.6 Å². The van der Waals surface area contributed by atoms with E-state index in [-0.39, 0.29) is 17.9 Å². The van der Waals surface area contributed by atoms with Gasteiger partial charge in [0, 0.05) is 26.2 Å². The second-order valence-corrected chi connectivity index (χ2v) is 4.57. The fraction of sp³-hybridized carbons (Fsp3) is 0.909. The van der Waals surface area contributed by atoms with Crippen LogP contribution in [0.25, 0.3) is 0 Å². The van der Waals surface area contributed by atoms with Crippen LogP contribution in [0.5, 0.6) is 0 Å². The largest absolute Gasteiger partial charge is 0.384 e. The third-order valence-electron chi connectivity index (χ3n) is 3.12. The van der Waals surface area contributed by atoms with Gasteiger partial charge in [0.05, 0.1) is 12.5 Å². The van der Waals surface area contributed by atoms with Gasteiger partial charge in [-0.25, -0.2) is 0 Å². The normalized spacial score (nSPS) is 28.9. The topological polar surface area (TPSA) is 55.6 Å². The van der Waals surface area contributed by atoms with Gasteiger partial charge in [0.25, 0.3) is 0 Å². The van der Waals surface area contributed by atoms with Gasteiger partial charge >= 0.3 is 0 Å². The summed E-state index contributed by atoms with van der Waals surface area (Å²) in [6.45, 7) is 6.08. The average molecular weight is 214 g/mol. The number of nitrogens with two attached hydrogens (primary N) is 1. The van der Waals surface area contributed by atoms with Crippen LogP contribution in [0, 0.1) is 11.8 Å². The lowest BCUT2D eigenvalue weighted by Crippen LogP contribution is -2.49. The molecular formula is C11H22N2O2. The Bertz CT molecular complexity index is 221. The van der Waals surface area contributed by atoms with Gasteiger partial charge in [-0.2, -0.15) is 0 Å². The number of piperidine rings is 1. The number of hydrogen-bond donors (Lipinski definition) is 1. The number of methoxy groups -OCH3 is 1. The number of carbonyl (C=O) groups is 1. The van der Waals surface area contributed by atoms with Crippen LogP contribution in [0.15, 0.2) is 0 Å². The number of hydrogen-bond acceptors (Lipinski definition) is 3. The van der Waals surface area contributed by atoms with Crippen LogP contribution >= 0.6 is 0 Å². The van der Waals surface area contributed by atoms with Gasteiger partial charge in [-0.1, -0.05) is 13.8 Å². The van der Waals surface area contributed by atoms with Crippen molar-refractivity contribution in [2.45, 2.75) is 26.3 Å². The Morgan fingerprint density at radius 1 is 1.67 bits per heavy atom. The zero-order chi connectivity index (χ0) is 11.4. The summed E-state index contributed by atoms with van der Waals surface area (Å²) in [5.74, 6) is 0.546. The van der Waals surface area contributed by atoms with E-state index in [2.05, 4.69) is 6.92 Å². The van der Waals surface area contributed by atoms with Crippen LogP contribution in [0.1, 0.15) is 20.3 Å². The molecule has 1 saturated heterocycles. The molecule has 0 aromatic carbocycles. The van der Waals surface area contributed by atoms with Crippen LogP contribution in [0.3, 0.4) is 0 Å². The van der Waals surface area contributed by atoms with Crippen molar-refractivity contribution in [3.8, 4) is 0 Å². The quantitative estimate of drug-likeness (QED) is 0.743. The predicted octanol–water partition coefficient (Wildman–Crippen LogP) is 0.465. The smallest absolute Gasteiger partial charge is 0.227 e. The fourth-order valence-electron chi connectivity index (χ4n) is 2.00. The average Bonchev–Trinajstić information content (AvgIpc) is 2.21. The van der Waals surface area contributed by atoms with Crippen LogP contribution in [0.4, 0.5) is 0 Å². The van der Waals surface area contributed by atoms with Crippen molar-refractivity contribution in [3.05, 3.63) is 0 Å². The monoisotopic (exact) mass is 214 g/mol. The summed E-state index contributed by atoms with van der Waals surface area (Å²) in [6.07, 6.45) is 0.909. The van der Waals surface area contributed by atoms with E-state index in [4.69, 9.17) is 10.5 Å². The van der Waals surface area contributed by atoms with Crippen molar-refractivity contribution >= 4 is 5.91 Å². The number of rotatable bonds is 3. The number of carbonyl (C=O) groups excluding carboxylic acids is 1. The van der Waals surface area contributed by atoms with Gasteiger partial charge in [0.1, 0.15) is 0 Å². The molecule has 0 radical (unpaired) electrons. The molecule has 0 spiro atoms. The van der Waals surface area contributed by atoms with E-state index in [0.29, 0.717) is 12.5 Å². The summed E-state index contributed by atoms with van der Waals surface area (Å²) in [5, 5.41) is 0. The molecule has 1 aliphatic heterocycles. The molecule has 4 nitrogen and oxygen atoms in total. The first-order chi connectivity index (χ1) is 7.06. The number of amides is 1. The zero-order valence-electron chi connectivity index (χ0n) is 9.90. The van der Waals surface area contributed by atoms with E-state index in [1.807, 2.05) is 11.8 Å². The Labute approximate surface area is 91.8 Å². The van der Waals surface area contributed by atoms with E-state index in [9.17, 15) is 4.79 Å². The van der Waals surface area contributed by atoms with Crippen molar-refractivity contribution in [3.63, 3.8) is 0 Å². The van der Waals surface area contributed by atoms with E-state index >= 15 is 0 Å². The van der Waals surface area contributed by atoms with Crippen LogP contribution in [0.2, 0.25) is 0 Å². The second-order valence-electron chi connectivity index (χ2n) is 4.57. The minimum Gasteiger partial charge on any atom is -0.384 e. The first kappa shape index (κ1) is 12.5. The van der Waals surface area contributed by atoms with Crippen LogP contribution < -0.4 is 5.73 Å². The molecule has 3 atom stereocenters. The molecule has 1 amide bonds. The standard InChI is InChI=1S/C11H22N2O2/c1-8-6-13(5-4-10(8)12)11(14)9(2)7-15-3/h8-10H,4-7,12H2,1-3H3. The van der Waals surface area contributed by atoms with Crippen molar-refractivity contribution in [2.75, 3.05) is 26.8 Å². The van der Waals surface area contributed by atoms with Gasteiger partial charge in [-0.15, -0.1) is 0 Å². The summed E-state index contributed by atoms with van der Waals surface area (Å²) < 4.78 is 4.99. The highest BCUT2D eigenvalue weighted by Gasteiger charge is 2.28. The van der Waals surface area contributed by atoms with E-state index in [1.165, 1.54) is 0 Å². The maximum absolute atomic E-state index is 11.9. The zero-order valence-corrected chi connectivity index (χ0v) is 9.90. The Kier molecular flexibility index (Phi) is 4.54. The van der Waals surface area contributed by atoms with Crippen molar-refractivity contribution < 1.29 is 9.53 Å². The van der Waals surface area contributed by atoms with E-state index in [1.54, 1.807) is 7.11 Å². The summed E-state index contributed by atoms with van der Waals surface area (Å²) in [5.41, 5.74) is 5.91. The lowest BCUT2D eigenvalue weighted by atomic mass is 9.94. The molecule has 0 saturated carbocycles. The van der Waals surface area contributed by atoms with Gasteiger partial charge in [0.2, 0.25) is 5.91 Å². The number of likely N-dealkylation sites (tertiary alicyclic amines) is 1. The summed E-state index contributed by atoms with van der Waals surface area (Å²) in [6, 6.07) is 0.242. The van der Waals surface area contributed by atoms with Crippen LogP contribution in [-0.2, 0) is 9.53 Å². The molecule has 88 valence electrons. The van der Waals surface area contributed by atoms with Crippen molar-refractivity contribution in [1.29, 1.82) is 0 Å². The lowest BCUT2D eigenvalue weighted by Gasteiger charge is -2.36. The van der Waals surface area contributed by atoms with E-state index in [0.717, 1.165) is 19.5 Å². The van der Waals surface area contributed by atoms with Gasteiger partial charge in [-0.05, 0) is 12.3 Å².